The van der Waals surface area contributed by atoms with Crippen LogP contribution in [0.25, 0.3) is 6.08 Å². The summed E-state index contributed by atoms with van der Waals surface area (Å²) < 4.78 is 14.4. The van der Waals surface area contributed by atoms with Crippen molar-refractivity contribution >= 4 is 84.1 Å². The van der Waals surface area contributed by atoms with Crippen molar-refractivity contribution in [3.8, 4) is 11.5 Å². The molecule has 0 atom stereocenters. The zero-order chi connectivity index (χ0) is 26.7. The van der Waals surface area contributed by atoms with Crippen molar-refractivity contribution in [1.82, 2.24) is 5.32 Å². The summed E-state index contributed by atoms with van der Waals surface area (Å²) >= 11 is 8.94. The van der Waals surface area contributed by atoms with Crippen LogP contribution in [0.1, 0.15) is 23.6 Å². The van der Waals surface area contributed by atoms with Crippen LogP contribution in [0.5, 0.6) is 11.5 Å². The molecule has 1 N–H and O–H groups in total. The van der Waals surface area contributed by atoms with E-state index in [0.29, 0.717) is 41.5 Å². The third-order valence-electron chi connectivity index (χ3n) is 5.44. The van der Waals surface area contributed by atoms with Gasteiger partial charge in [-0.05, 0) is 102 Å². The van der Waals surface area contributed by atoms with Gasteiger partial charge in [-0.1, -0.05) is 44.0 Å². The molecule has 3 aromatic carbocycles. The topological polar surface area (TPSA) is 84.9 Å². The molecule has 7 nitrogen and oxygen atoms in total. The van der Waals surface area contributed by atoms with Crippen LogP contribution in [-0.4, -0.2) is 24.5 Å². The molecule has 0 bridgehead atoms. The van der Waals surface area contributed by atoms with Gasteiger partial charge in [0.05, 0.1) is 15.9 Å². The zero-order valence-electron chi connectivity index (χ0n) is 19.8. The lowest BCUT2D eigenvalue weighted by atomic mass is 10.1. The number of nitrogens with zero attached hydrogens (tertiary/aromatic N) is 1. The van der Waals surface area contributed by atoms with E-state index in [4.69, 9.17) is 9.47 Å². The average molecular weight is 740 g/mol. The van der Waals surface area contributed by atoms with E-state index in [-0.39, 0.29) is 5.57 Å². The molecule has 4 amide bonds. The Labute approximate surface area is 244 Å². The molecule has 37 heavy (non-hydrogen) atoms. The van der Waals surface area contributed by atoms with E-state index >= 15 is 0 Å². The fourth-order valence-electron chi connectivity index (χ4n) is 3.72. The number of anilines is 1. The minimum absolute atomic E-state index is 0.163. The molecular weight excluding hydrogens is 719 g/mol. The van der Waals surface area contributed by atoms with Crippen molar-refractivity contribution in [3.05, 3.63) is 89.4 Å². The van der Waals surface area contributed by atoms with Crippen LogP contribution in [0.15, 0.2) is 69.1 Å². The quantitative estimate of drug-likeness (QED) is 0.164. The number of halogens is 3. The van der Waals surface area contributed by atoms with Crippen LogP contribution in [0.3, 0.4) is 0 Å². The van der Waals surface area contributed by atoms with E-state index in [2.05, 4.69) is 59.8 Å². The number of aryl methyl sites for hydroxylation is 1. The van der Waals surface area contributed by atoms with E-state index in [1.54, 1.807) is 37.3 Å². The molecule has 1 saturated heterocycles. The Morgan fingerprint density at radius 2 is 1.68 bits per heavy atom. The molecule has 0 spiro atoms. The molecule has 1 fully saturated rings. The second-order valence-electron chi connectivity index (χ2n) is 8.07. The molecule has 0 radical (unpaired) electrons. The Kier molecular flexibility index (Phi) is 8.71. The number of amides is 4. The highest BCUT2D eigenvalue weighted by molar-refractivity contribution is 14.1. The Hall–Kier alpha value is -2.70. The first kappa shape index (κ1) is 27.3. The van der Waals surface area contributed by atoms with Gasteiger partial charge in [-0.2, -0.15) is 0 Å². The number of ether oxygens (including phenoxy) is 2. The molecule has 0 aliphatic carbocycles. The molecule has 4 rings (SSSR count). The van der Waals surface area contributed by atoms with Gasteiger partial charge in [0.25, 0.3) is 11.8 Å². The van der Waals surface area contributed by atoms with E-state index in [1.165, 1.54) is 6.08 Å². The zero-order valence-corrected chi connectivity index (χ0v) is 25.1. The average Bonchev–Trinajstić information content (AvgIpc) is 2.84. The van der Waals surface area contributed by atoms with Gasteiger partial charge in [0.2, 0.25) is 0 Å². The molecule has 1 aliphatic heterocycles. The highest BCUT2D eigenvalue weighted by Gasteiger charge is 2.37. The van der Waals surface area contributed by atoms with Crippen molar-refractivity contribution in [2.45, 2.75) is 20.5 Å². The maximum Gasteiger partial charge on any atom is 0.335 e. The first-order chi connectivity index (χ1) is 17.7. The van der Waals surface area contributed by atoms with Gasteiger partial charge in [-0.3, -0.25) is 14.9 Å². The highest BCUT2D eigenvalue weighted by Crippen LogP contribution is 2.36. The number of carbonyl (C=O) groups is 3. The highest BCUT2D eigenvalue weighted by atomic mass is 127. The van der Waals surface area contributed by atoms with Crippen molar-refractivity contribution in [2.75, 3.05) is 11.5 Å². The van der Waals surface area contributed by atoms with Crippen LogP contribution in [-0.2, 0) is 16.2 Å². The van der Waals surface area contributed by atoms with Gasteiger partial charge >= 0.3 is 6.03 Å². The van der Waals surface area contributed by atoms with E-state index < -0.39 is 17.8 Å². The van der Waals surface area contributed by atoms with Gasteiger partial charge < -0.3 is 9.47 Å². The molecule has 10 heteroatoms. The molecule has 0 aromatic heterocycles. The predicted octanol–water partition coefficient (Wildman–Crippen LogP) is 6.77. The molecular formula is C27H21Br2IN2O5. The number of carbonyl (C=O) groups excluding carboxylic acids is 3. The third kappa shape index (κ3) is 6.24. The monoisotopic (exact) mass is 738 g/mol. The van der Waals surface area contributed by atoms with Crippen molar-refractivity contribution < 1.29 is 23.9 Å². The van der Waals surface area contributed by atoms with E-state index in [1.807, 2.05) is 31.2 Å². The van der Waals surface area contributed by atoms with E-state index in [0.717, 1.165) is 23.0 Å². The van der Waals surface area contributed by atoms with E-state index in [9.17, 15) is 14.4 Å². The lowest BCUT2D eigenvalue weighted by molar-refractivity contribution is -0.122. The lowest BCUT2D eigenvalue weighted by Gasteiger charge is -2.27. The second kappa shape index (κ2) is 11.8. The van der Waals surface area contributed by atoms with Crippen LogP contribution in [0.4, 0.5) is 10.5 Å². The summed E-state index contributed by atoms with van der Waals surface area (Å²) in [6, 6.07) is 15.7. The van der Waals surface area contributed by atoms with Gasteiger partial charge in [0.15, 0.2) is 11.5 Å². The summed E-state index contributed by atoms with van der Waals surface area (Å²) in [6.07, 6.45) is 1.45. The summed E-state index contributed by atoms with van der Waals surface area (Å²) in [5.74, 6) is -0.416. The Bertz CT molecular complexity index is 1420. The number of benzene rings is 3. The van der Waals surface area contributed by atoms with Gasteiger partial charge in [-0.15, -0.1) is 0 Å². The molecule has 0 saturated carbocycles. The molecule has 3 aromatic rings. The predicted molar refractivity (Wildman–Crippen MR) is 157 cm³/mol. The summed E-state index contributed by atoms with van der Waals surface area (Å²) in [5.41, 5.74) is 2.48. The van der Waals surface area contributed by atoms with Crippen molar-refractivity contribution in [2.24, 2.45) is 0 Å². The number of hydrogen-bond donors (Lipinski definition) is 1. The van der Waals surface area contributed by atoms with Crippen LogP contribution < -0.4 is 19.7 Å². The standard InChI is InChI=1S/C27H21Br2IN2O5/c1-3-36-23-13-17(12-21(30)24(23)37-14-16-4-6-18(28)7-5-16)11-20-25(33)31-27(35)32(26(20)34)22-9-8-19(29)10-15(22)2/h4-13H,3,14H2,1-2H3,(H,31,33,35)/b20-11-. The Morgan fingerprint density at radius 1 is 0.973 bits per heavy atom. The summed E-state index contributed by atoms with van der Waals surface area (Å²) in [4.78, 5) is 39.6. The SMILES string of the molecule is CCOc1cc(/C=C2/C(=O)NC(=O)N(c3ccc(Br)cc3C)C2=O)cc(I)c1OCc1ccc(Br)cc1. The number of rotatable bonds is 7. The summed E-state index contributed by atoms with van der Waals surface area (Å²) in [5, 5.41) is 2.26. The fraction of sp³-hybridized carbons (Fsp3) is 0.148. The molecule has 0 unspecified atom stereocenters. The maximum atomic E-state index is 13.3. The number of barbiturate groups is 1. The Balaban J connectivity index is 1.67. The van der Waals surface area contributed by atoms with Gasteiger partial charge in [0, 0.05) is 8.95 Å². The number of urea groups is 1. The first-order valence-corrected chi connectivity index (χ1v) is 13.9. The number of imide groups is 2. The summed E-state index contributed by atoms with van der Waals surface area (Å²) in [7, 11) is 0. The fourth-order valence-corrected chi connectivity index (χ4v) is 5.24. The maximum absolute atomic E-state index is 13.3. The van der Waals surface area contributed by atoms with Crippen molar-refractivity contribution in [1.29, 1.82) is 0 Å². The van der Waals surface area contributed by atoms with Crippen LogP contribution >= 0.6 is 54.5 Å². The first-order valence-electron chi connectivity index (χ1n) is 11.2. The normalized spacial score (nSPS) is 14.7. The number of hydrogen-bond acceptors (Lipinski definition) is 5. The van der Waals surface area contributed by atoms with Gasteiger partial charge in [0.1, 0.15) is 12.2 Å². The lowest BCUT2D eigenvalue weighted by Crippen LogP contribution is -2.54. The molecule has 190 valence electrons. The minimum Gasteiger partial charge on any atom is -0.490 e. The van der Waals surface area contributed by atoms with Crippen molar-refractivity contribution in [3.63, 3.8) is 0 Å². The van der Waals surface area contributed by atoms with Crippen LogP contribution in [0, 0.1) is 10.5 Å². The molecule has 1 aliphatic rings. The smallest absolute Gasteiger partial charge is 0.335 e. The minimum atomic E-state index is -0.793. The molecule has 1 heterocycles. The third-order valence-corrected chi connectivity index (χ3v) is 7.26. The summed E-state index contributed by atoms with van der Waals surface area (Å²) in [6.45, 7) is 4.38. The Morgan fingerprint density at radius 3 is 2.35 bits per heavy atom. The second-order valence-corrected chi connectivity index (χ2v) is 11.1. The van der Waals surface area contributed by atoms with Gasteiger partial charge in [-0.25, -0.2) is 9.69 Å². The van der Waals surface area contributed by atoms with Crippen LogP contribution in [0.2, 0.25) is 0 Å². The largest absolute Gasteiger partial charge is 0.490 e. The number of nitrogens with one attached hydrogen (secondary N) is 1.